The van der Waals surface area contributed by atoms with Crippen molar-refractivity contribution in [2.75, 3.05) is 7.11 Å². The van der Waals surface area contributed by atoms with Crippen LogP contribution in [0.1, 0.15) is 31.4 Å². The lowest BCUT2D eigenvalue weighted by Gasteiger charge is -2.16. The number of hydrogen-bond donors (Lipinski definition) is 1. The van der Waals surface area contributed by atoms with Crippen molar-refractivity contribution in [1.82, 2.24) is 5.32 Å². The fourth-order valence-corrected chi connectivity index (χ4v) is 2.60. The van der Waals surface area contributed by atoms with Gasteiger partial charge in [-0.05, 0) is 48.7 Å². The highest BCUT2D eigenvalue weighted by atomic mass is 35.5. The van der Waals surface area contributed by atoms with Gasteiger partial charge in [-0.25, -0.2) is 0 Å². The van der Waals surface area contributed by atoms with Crippen LogP contribution in [0.15, 0.2) is 36.4 Å². The van der Waals surface area contributed by atoms with E-state index in [0.717, 1.165) is 24.1 Å². The predicted octanol–water partition coefficient (Wildman–Crippen LogP) is 5.47. The van der Waals surface area contributed by atoms with Crippen molar-refractivity contribution in [2.24, 2.45) is 0 Å². The van der Waals surface area contributed by atoms with Crippen LogP contribution in [0.2, 0.25) is 10.0 Å². The second-order valence-electron chi connectivity index (χ2n) is 5.71. The summed E-state index contributed by atoms with van der Waals surface area (Å²) in [5, 5.41) is 4.69. The monoisotopic (exact) mass is 367 g/mol. The first-order valence-electron chi connectivity index (χ1n) is 8.00. The van der Waals surface area contributed by atoms with E-state index in [-0.39, 0.29) is 0 Å². The Morgan fingerprint density at radius 2 is 1.79 bits per heavy atom. The summed E-state index contributed by atoms with van der Waals surface area (Å²) in [4.78, 5) is 0. The predicted molar refractivity (Wildman–Crippen MR) is 100 cm³/mol. The second-order valence-corrected chi connectivity index (χ2v) is 6.56. The second kappa shape index (κ2) is 9.16. The topological polar surface area (TPSA) is 30.5 Å². The van der Waals surface area contributed by atoms with Crippen molar-refractivity contribution in [3.63, 3.8) is 0 Å². The Kier molecular flexibility index (Phi) is 7.22. The third-order valence-electron chi connectivity index (χ3n) is 3.85. The van der Waals surface area contributed by atoms with E-state index in [9.17, 15) is 0 Å². The average Bonchev–Trinajstić information content (AvgIpc) is 2.59. The number of ether oxygens (including phenoxy) is 2. The lowest BCUT2D eigenvalue weighted by molar-refractivity contribution is 0.284. The molecule has 0 radical (unpaired) electrons. The molecule has 0 fully saturated rings. The summed E-state index contributed by atoms with van der Waals surface area (Å²) in [6.07, 6.45) is 1.08. The van der Waals surface area contributed by atoms with Crippen LogP contribution in [0.4, 0.5) is 0 Å². The largest absolute Gasteiger partial charge is 0.493 e. The first kappa shape index (κ1) is 18.9. The zero-order chi connectivity index (χ0) is 17.5. The molecule has 0 saturated heterocycles. The van der Waals surface area contributed by atoms with Gasteiger partial charge < -0.3 is 14.8 Å². The van der Waals surface area contributed by atoms with Gasteiger partial charge in [0, 0.05) is 17.6 Å². The average molecular weight is 368 g/mol. The highest BCUT2D eigenvalue weighted by Crippen LogP contribution is 2.37. The first-order chi connectivity index (χ1) is 11.5. The van der Waals surface area contributed by atoms with E-state index in [1.54, 1.807) is 7.11 Å². The van der Waals surface area contributed by atoms with E-state index >= 15 is 0 Å². The number of hydrogen-bond acceptors (Lipinski definition) is 3. The van der Waals surface area contributed by atoms with Gasteiger partial charge in [0.2, 0.25) is 0 Å². The van der Waals surface area contributed by atoms with Gasteiger partial charge in [-0.3, -0.25) is 0 Å². The maximum absolute atomic E-state index is 6.40. The van der Waals surface area contributed by atoms with Crippen LogP contribution >= 0.6 is 23.2 Å². The van der Waals surface area contributed by atoms with E-state index in [1.165, 1.54) is 0 Å². The van der Waals surface area contributed by atoms with Crippen molar-refractivity contribution in [2.45, 2.75) is 39.5 Å². The van der Waals surface area contributed by atoms with Gasteiger partial charge in [0.05, 0.1) is 12.1 Å². The highest BCUT2D eigenvalue weighted by Gasteiger charge is 2.13. The summed E-state index contributed by atoms with van der Waals surface area (Å²) in [6, 6.07) is 11.8. The fraction of sp³-hybridized carbons (Fsp3) is 0.368. The lowest BCUT2D eigenvalue weighted by Crippen LogP contribution is -2.24. The van der Waals surface area contributed by atoms with Gasteiger partial charge in [-0.1, -0.05) is 42.3 Å². The van der Waals surface area contributed by atoms with E-state index in [4.69, 9.17) is 32.7 Å². The third kappa shape index (κ3) is 5.30. The highest BCUT2D eigenvalue weighted by molar-refractivity contribution is 6.32. The van der Waals surface area contributed by atoms with Crippen LogP contribution in [-0.2, 0) is 13.2 Å². The van der Waals surface area contributed by atoms with Gasteiger partial charge >= 0.3 is 0 Å². The number of halogens is 2. The standard InChI is InChI=1S/C19H23Cl2NO2/c1-4-13(2)22-11-15-9-17(21)19(18(10-15)23-3)24-12-14-5-7-16(20)8-6-14/h5-10,13,22H,4,11-12H2,1-3H3. The minimum Gasteiger partial charge on any atom is -0.493 e. The van der Waals surface area contributed by atoms with Crippen LogP contribution in [-0.4, -0.2) is 13.2 Å². The molecule has 130 valence electrons. The summed E-state index contributed by atoms with van der Waals surface area (Å²) in [6.45, 7) is 5.45. The van der Waals surface area contributed by atoms with Crippen LogP contribution in [0.5, 0.6) is 11.5 Å². The maximum Gasteiger partial charge on any atom is 0.180 e. The summed E-state index contributed by atoms with van der Waals surface area (Å²) < 4.78 is 11.3. The molecule has 3 nitrogen and oxygen atoms in total. The molecule has 1 atom stereocenters. The normalized spacial score (nSPS) is 12.0. The molecule has 0 aromatic heterocycles. The fourth-order valence-electron chi connectivity index (χ4n) is 2.19. The molecule has 2 aromatic rings. The zero-order valence-electron chi connectivity index (χ0n) is 14.2. The summed E-state index contributed by atoms with van der Waals surface area (Å²) in [7, 11) is 1.62. The van der Waals surface area contributed by atoms with Crippen molar-refractivity contribution in [3.05, 3.63) is 57.6 Å². The van der Waals surface area contributed by atoms with Crippen LogP contribution < -0.4 is 14.8 Å². The van der Waals surface area contributed by atoms with Crippen molar-refractivity contribution in [3.8, 4) is 11.5 Å². The SMILES string of the molecule is CCC(C)NCc1cc(Cl)c(OCc2ccc(Cl)cc2)c(OC)c1. The molecule has 0 aliphatic carbocycles. The third-order valence-corrected chi connectivity index (χ3v) is 4.39. The Bertz CT molecular complexity index is 659. The van der Waals surface area contributed by atoms with Crippen LogP contribution in [0, 0.1) is 0 Å². The van der Waals surface area contributed by atoms with Crippen molar-refractivity contribution >= 4 is 23.2 Å². The molecule has 0 amide bonds. The molecule has 1 N–H and O–H groups in total. The Hall–Kier alpha value is -1.42. The smallest absolute Gasteiger partial charge is 0.180 e. The van der Waals surface area contributed by atoms with Gasteiger partial charge in [0.15, 0.2) is 11.5 Å². The molecule has 5 heteroatoms. The quantitative estimate of drug-likeness (QED) is 0.670. The zero-order valence-corrected chi connectivity index (χ0v) is 15.7. The summed E-state index contributed by atoms with van der Waals surface area (Å²) in [5.74, 6) is 1.19. The molecule has 2 rings (SSSR count). The molecule has 24 heavy (non-hydrogen) atoms. The van der Waals surface area contributed by atoms with E-state index < -0.39 is 0 Å². The molecular formula is C19H23Cl2NO2. The molecule has 0 spiro atoms. The Morgan fingerprint density at radius 3 is 2.42 bits per heavy atom. The van der Waals surface area contributed by atoms with Gasteiger partial charge in [-0.2, -0.15) is 0 Å². The van der Waals surface area contributed by atoms with E-state index in [1.807, 2.05) is 36.4 Å². The lowest BCUT2D eigenvalue weighted by atomic mass is 10.1. The van der Waals surface area contributed by atoms with Crippen molar-refractivity contribution in [1.29, 1.82) is 0 Å². The molecule has 0 bridgehead atoms. The van der Waals surface area contributed by atoms with Crippen LogP contribution in [0.25, 0.3) is 0 Å². The maximum atomic E-state index is 6.40. The molecule has 2 aromatic carbocycles. The number of methoxy groups -OCH3 is 1. The van der Waals surface area contributed by atoms with Crippen LogP contribution in [0.3, 0.4) is 0 Å². The first-order valence-corrected chi connectivity index (χ1v) is 8.76. The summed E-state index contributed by atoms with van der Waals surface area (Å²) >= 11 is 12.3. The van der Waals surface area contributed by atoms with E-state index in [0.29, 0.717) is 34.2 Å². The van der Waals surface area contributed by atoms with Gasteiger partial charge in [0.25, 0.3) is 0 Å². The molecule has 0 saturated carbocycles. The number of nitrogens with one attached hydrogen (secondary N) is 1. The Labute approximate surface area is 153 Å². The minimum absolute atomic E-state index is 0.401. The van der Waals surface area contributed by atoms with Gasteiger partial charge in [-0.15, -0.1) is 0 Å². The molecule has 0 aliphatic heterocycles. The molecule has 0 aliphatic rings. The number of rotatable bonds is 8. The molecular weight excluding hydrogens is 345 g/mol. The van der Waals surface area contributed by atoms with Gasteiger partial charge in [0.1, 0.15) is 6.61 Å². The minimum atomic E-state index is 0.401. The number of benzene rings is 2. The summed E-state index contributed by atoms with van der Waals surface area (Å²) in [5.41, 5.74) is 2.08. The van der Waals surface area contributed by atoms with E-state index in [2.05, 4.69) is 19.2 Å². The Morgan fingerprint density at radius 1 is 1.08 bits per heavy atom. The molecule has 1 unspecified atom stereocenters. The van der Waals surface area contributed by atoms with Crippen molar-refractivity contribution < 1.29 is 9.47 Å². The molecule has 0 heterocycles. The Balaban J connectivity index is 2.10.